The zero-order valence-corrected chi connectivity index (χ0v) is 12.0. The van der Waals surface area contributed by atoms with Crippen molar-refractivity contribution >= 4 is 5.91 Å². The van der Waals surface area contributed by atoms with Gasteiger partial charge in [-0.2, -0.15) is 0 Å². The molecule has 1 aliphatic rings. The number of ether oxygens (including phenoxy) is 1. The summed E-state index contributed by atoms with van der Waals surface area (Å²) in [7, 11) is 0. The molecule has 1 aliphatic heterocycles. The van der Waals surface area contributed by atoms with Crippen LogP contribution in [0.2, 0.25) is 0 Å². The second-order valence-electron chi connectivity index (χ2n) is 4.98. The van der Waals surface area contributed by atoms with Crippen molar-refractivity contribution in [2.45, 2.75) is 19.9 Å². The molecule has 20 heavy (non-hydrogen) atoms. The Kier molecular flexibility index (Phi) is 4.78. The lowest BCUT2D eigenvalue weighted by Crippen LogP contribution is -2.47. The summed E-state index contributed by atoms with van der Waals surface area (Å²) in [5.41, 5.74) is 7.89. The predicted octanol–water partition coefficient (Wildman–Crippen LogP) is 1.17. The first-order valence-corrected chi connectivity index (χ1v) is 6.81. The van der Waals surface area contributed by atoms with E-state index in [4.69, 9.17) is 10.5 Å². The lowest BCUT2D eigenvalue weighted by molar-refractivity contribution is 0.00358. The van der Waals surface area contributed by atoms with Gasteiger partial charge in [-0.05, 0) is 31.5 Å². The molecule has 2 rings (SSSR count). The van der Waals surface area contributed by atoms with Gasteiger partial charge in [-0.15, -0.1) is 0 Å². The van der Waals surface area contributed by atoms with Crippen LogP contribution in [0.5, 0.6) is 0 Å². The van der Waals surface area contributed by atoms with Gasteiger partial charge < -0.3 is 15.4 Å². The number of aryl methyl sites for hydroxylation is 1. The van der Waals surface area contributed by atoms with Crippen molar-refractivity contribution in [1.29, 1.82) is 0 Å². The van der Waals surface area contributed by atoms with Crippen LogP contribution in [0.1, 0.15) is 28.4 Å². The summed E-state index contributed by atoms with van der Waals surface area (Å²) >= 11 is 0. The second kappa shape index (κ2) is 6.56. The zero-order valence-electron chi connectivity index (χ0n) is 12.0. The Morgan fingerprint density at radius 3 is 3.05 bits per heavy atom. The highest BCUT2D eigenvalue weighted by Crippen LogP contribution is 2.17. The predicted molar refractivity (Wildman–Crippen MR) is 78.4 cm³/mol. The van der Waals surface area contributed by atoms with Gasteiger partial charge in [0, 0.05) is 12.1 Å². The Labute approximate surface area is 119 Å². The third-order valence-electron chi connectivity index (χ3n) is 3.36. The van der Waals surface area contributed by atoms with E-state index in [0.29, 0.717) is 25.3 Å². The molecule has 1 saturated heterocycles. The van der Waals surface area contributed by atoms with Gasteiger partial charge in [-0.1, -0.05) is 17.9 Å². The minimum Gasteiger partial charge on any atom is -0.377 e. The van der Waals surface area contributed by atoms with Crippen molar-refractivity contribution in [2.24, 2.45) is 5.73 Å². The summed E-state index contributed by atoms with van der Waals surface area (Å²) < 4.78 is 5.37. The molecule has 1 aromatic carbocycles. The molecule has 0 aromatic heterocycles. The average Bonchev–Trinajstić information content (AvgIpc) is 2.45. The maximum absolute atomic E-state index is 12.7. The quantitative estimate of drug-likeness (QED) is 0.781. The number of morpholine rings is 1. The maximum atomic E-state index is 12.7. The fourth-order valence-corrected chi connectivity index (χ4v) is 2.28. The Balaban J connectivity index is 2.33. The molecule has 0 bridgehead atoms. The summed E-state index contributed by atoms with van der Waals surface area (Å²) in [5, 5.41) is 0. The highest BCUT2D eigenvalue weighted by atomic mass is 16.5. The normalized spacial score (nSPS) is 18.4. The highest BCUT2D eigenvalue weighted by Gasteiger charge is 2.25. The number of carbonyl (C=O) groups excluding carboxylic acids is 1. The molecule has 0 radical (unpaired) electrons. The number of amides is 1. The average molecular weight is 272 g/mol. The topological polar surface area (TPSA) is 55.6 Å². The van der Waals surface area contributed by atoms with Gasteiger partial charge >= 0.3 is 0 Å². The van der Waals surface area contributed by atoms with E-state index in [2.05, 4.69) is 11.8 Å². The number of rotatable bonds is 1. The van der Waals surface area contributed by atoms with Gasteiger partial charge in [0.05, 0.1) is 31.4 Å². The fourth-order valence-electron chi connectivity index (χ4n) is 2.28. The first-order chi connectivity index (χ1) is 9.63. The van der Waals surface area contributed by atoms with E-state index in [-0.39, 0.29) is 18.5 Å². The smallest absolute Gasteiger partial charge is 0.255 e. The van der Waals surface area contributed by atoms with Crippen molar-refractivity contribution in [2.75, 3.05) is 26.3 Å². The third kappa shape index (κ3) is 3.19. The summed E-state index contributed by atoms with van der Waals surface area (Å²) in [6.07, 6.45) is 0. The van der Waals surface area contributed by atoms with Crippen molar-refractivity contribution in [3.63, 3.8) is 0 Å². The van der Waals surface area contributed by atoms with E-state index in [1.165, 1.54) is 0 Å². The molecule has 1 aromatic rings. The Bertz CT molecular complexity index is 557. The number of hydrogen-bond acceptors (Lipinski definition) is 3. The van der Waals surface area contributed by atoms with Crippen molar-refractivity contribution < 1.29 is 9.53 Å². The standard InChI is InChI=1S/C16H20N2O2/c1-12-5-6-15(14(10-12)4-3-7-17)16(19)18-8-9-20-11-13(18)2/h5-6,10,13H,7-9,11,17H2,1-2H3. The first-order valence-electron chi connectivity index (χ1n) is 6.81. The molecule has 4 heteroatoms. The van der Waals surface area contributed by atoms with Crippen LogP contribution < -0.4 is 5.73 Å². The molecule has 2 N–H and O–H groups in total. The molecule has 4 nitrogen and oxygen atoms in total. The molecule has 1 heterocycles. The first kappa shape index (κ1) is 14.6. The Hall–Kier alpha value is -1.83. The van der Waals surface area contributed by atoms with Crippen LogP contribution in [0.4, 0.5) is 0 Å². The van der Waals surface area contributed by atoms with Crippen LogP contribution >= 0.6 is 0 Å². The minimum atomic E-state index is 0.0159. The van der Waals surface area contributed by atoms with Gasteiger partial charge in [0.2, 0.25) is 0 Å². The maximum Gasteiger partial charge on any atom is 0.255 e. The Morgan fingerprint density at radius 1 is 1.55 bits per heavy atom. The van der Waals surface area contributed by atoms with Crippen LogP contribution in [0, 0.1) is 18.8 Å². The molecule has 1 amide bonds. The number of nitrogens with two attached hydrogens (primary N) is 1. The Morgan fingerprint density at radius 2 is 2.35 bits per heavy atom. The van der Waals surface area contributed by atoms with Crippen LogP contribution in [-0.4, -0.2) is 43.2 Å². The van der Waals surface area contributed by atoms with Gasteiger partial charge in [0.25, 0.3) is 5.91 Å². The molecule has 1 atom stereocenters. The van der Waals surface area contributed by atoms with Gasteiger partial charge in [-0.3, -0.25) is 4.79 Å². The monoisotopic (exact) mass is 272 g/mol. The van der Waals surface area contributed by atoms with E-state index in [0.717, 1.165) is 11.1 Å². The lowest BCUT2D eigenvalue weighted by Gasteiger charge is -2.33. The van der Waals surface area contributed by atoms with Crippen LogP contribution in [0.25, 0.3) is 0 Å². The molecule has 0 spiro atoms. The molecule has 1 fully saturated rings. The third-order valence-corrected chi connectivity index (χ3v) is 3.36. The van der Waals surface area contributed by atoms with Gasteiger partial charge in [0.15, 0.2) is 0 Å². The summed E-state index contributed by atoms with van der Waals surface area (Å²) in [6, 6.07) is 5.81. The molecule has 106 valence electrons. The zero-order chi connectivity index (χ0) is 14.5. The van der Waals surface area contributed by atoms with Crippen LogP contribution in [0.15, 0.2) is 18.2 Å². The molecule has 0 aliphatic carbocycles. The van der Waals surface area contributed by atoms with E-state index in [9.17, 15) is 4.79 Å². The van der Waals surface area contributed by atoms with Crippen LogP contribution in [0.3, 0.4) is 0 Å². The van der Waals surface area contributed by atoms with Crippen LogP contribution in [-0.2, 0) is 4.74 Å². The van der Waals surface area contributed by atoms with Gasteiger partial charge in [-0.25, -0.2) is 0 Å². The minimum absolute atomic E-state index is 0.0159. The molecule has 0 saturated carbocycles. The van der Waals surface area contributed by atoms with Crippen molar-refractivity contribution in [3.05, 3.63) is 34.9 Å². The van der Waals surface area contributed by atoms with E-state index in [1.807, 2.05) is 36.9 Å². The summed E-state index contributed by atoms with van der Waals surface area (Å²) in [4.78, 5) is 14.5. The molecular formula is C16H20N2O2. The SMILES string of the molecule is Cc1ccc(C(=O)N2CCOCC2C)c(C#CCN)c1. The summed E-state index contributed by atoms with van der Waals surface area (Å²) in [6.45, 7) is 6.07. The van der Waals surface area contributed by atoms with Crippen molar-refractivity contribution in [3.8, 4) is 11.8 Å². The van der Waals surface area contributed by atoms with E-state index < -0.39 is 0 Å². The lowest BCUT2D eigenvalue weighted by atomic mass is 10.0. The largest absolute Gasteiger partial charge is 0.377 e. The fraction of sp³-hybridized carbons (Fsp3) is 0.438. The number of carbonyl (C=O) groups is 1. The number of hydrogen-bond donors (Lipinski definition) is 1. The van der Waals surface area contributed by atoms with E-state index in [1.54, 1.807) is 0 Å². The molecule has 1 unspecified atom stereocenters. The highest BCUT2D eigenvalue weighted by molar-refractivity contribution is 5.97. The van der Waals surface area contributed by atoms with Crippen molar-refractivity contribution in [1.82, 2.24) is 4.90 Å². The van der Waals surface area contributed by atoms with E-state index >= 15 is 0 Å². The molecular weight excluding hydrogens is 252 g/mol. The second-order valence-corrected chi connectivity index (χ2v) is 4.98. The number of nitrogens with zero attached hydrogens (tertiary/aromatic N) is 1. The summed E-state index contributed by atoms with van der Waals surface area (Å²) in [5.74, 6) is 5.83. The van der Waals surface area contributed by atoms with Gasteiger partial charge in [0.1, 0.15) is 0 Å². The number of benzene rings is 1.